The molecule has 2 fully saturated rings. The molecule has 2 heterocycles. The van der Waals surface area contributed by atoms with E-state index in [4.69, 9.17) is 18.9 Å². The molecule has 2 aliphatic heterocycles. The van der Waals surface area contributed by atoms with Gasteiger partial charge in [0.25, 0.3) is 0 Å². The number of carbonyl (C=O) groups excluding carboxylic acids is 1. The van der Waals surface area contributed by atoms with Crippen LogP contribution in [0.25, 0.3) is 0 Å². The molecule has 7 N–H and O–H groups in total. The average molecular weight is 525 g/mol. The monoisotopic (exact) mass is 524 g/mol. The molecular formula is C24H44O12. The van der Waals surface area contributed by atoms with Gasteiger partial charge in [0.15, 0.2) is 12.6 Å². The smallest absolute Gasteiger partial charge is 0.305 e. The number of aliphatic hydroxyl groups is 7. The molecule has 0 unspecified atom stereocenters. The Labute approximate surface area is 211 Å². The quantitative estimate of drug-likeness (QED) is 0.103. The van der Waals surface area contributed by atoms with Gasteiger partial charge < -0.3 is 54.7 Å². The lowest BCUT2D eigenvalue weighted by molar-refractivity contribution is -0.355. The SMILES string of the molecule is CCCCCCCCCCCC(=O)OC[C@H]1O[C@@H](O)[C@H](O)[C@@H](O)[C@@H]1O[C@H]1O[C@H](CO)[C@@H](O)[C@H](O)[C@H]1O. The van der Waals surface area contributed by atoms with Crippen LogP contribution < -0.4 is 0 Å². The van der Waals surface area contributed by atoms with Crippen LogP contribution in [0.1, 0.15) is 71.1 Å². The van der Waals surface area contributed by atoms with Gasteiger partial charge in [0.1, 0.15) is 55.4 Å². The number of unbranched alkanes of at least 4 members (excludes halogenated alkanes) is 8. The van der Waals surface area contributed by atoms with Crippen molar-refractivity contribution in [2.75, 3.05) is 13.2 Å². The van der Waals surface area contributed by atoms with Crippen molar-refractivity contribution >= 4 is 5.97 Å². The summed E-state index contributed by atoms with van der Waals surface area (Å²) >= 11 is 0. The largest absolute Gasteiger partial charge is 0.463 e. The molecule has 0 aromatic carbocycles. The highest BCUT2D eigenvalue weighted by Gasteiger charge is 2.50. The van der Waals surface area contributed by atoms with Crippen molar-refractivity contribution in [1.29, 1.82) is 0 Å². The first-order valence-electron chi connectivity index (χ1n) is 13.0. The van der Waals surface area contributed by atoms with Gasteiger partial charge in [0.2, 0.25) is 0 Å². The third-order valence-corrected chi connectivity index (χ3v) is 6.69. The van der Waals surface area contributed by atoms with Crippen LogP contribution in [0.5, 0.6) is 0 Å². The maximum absolute atomic E-state index is 12.2. The minimum atomic E-state index is -1.78. The van der Waals surface area contributed by atoms with Crippen LogP contribution in [0.3, 0.4) is 0 Å². The number of esters is 1. The fraction of sp³-hybridized carbons (Fsp3) is 0.958. The van der Waals surface area contributed by atoms with Gasteiger partial charge in [-0.25, -0.2) is 0 Å². The van der Waals surface area contributed by atoms with Crippen molar-refractivity contribution in [2.24, 2.45) is 0 Å². The predicted molar refractivity (Wildman–Crippen MR) is 124 cm³/mol. The number of carbonyl (C=O) groups is 1. The van der Waals surface area contributed by atoms with Crippen molar-refractivity contribution in [1.82, 2.24) is 0 Å². The van der Waals surface area contributed by atoms with Crippen LogP contribution in [0, 0.1) is 0 Å². The van der Waals surface area contributed by atoms with Crippen molar-refractivity contribution in [2.45, 2.75) is 133 Å². The van der Waals surface area contributed by atoms with Crippen LogP contribution in [0.2, 0.25) is 0 Å². The van der Waals surface area contributed by atoms with Gasteiger partial charge >= 0.3 is 5.97 Å². The first-order valence-corrected chi connectivity index (χ1v) is 13.0. The summed E-state index contributed by atoms with van der Waals surface area (Å²) in [5.41, 5.74) is 0. The molecule has 0 amide bonds. The Kier molecular flexibility index (Phi) is 14.0. The van der Waals surface area contributed by atoms with E-state index in [1.165, 1.54) is 32.1 Å². The van der Waals surface area contributed by atoms with E-state index in [1.54, 1.807) is 0 Å². The zero-order valence-electron chi connectivity index (χ0n) is 20.9. The van der Waals surface area contributed by atoms with Crippen LogP contribution in [-0.4, -0.2) is 116 Å². The molecular weight excluding hydrogens is 480 g/mol. The maximum atomic E-state index is 12.2. The van der Waals surface area contributed by atoms with Crippen molar-refractivity contribution in [3.63, 3.8) is 0 Å². The van der Waals surface area contributed by atoms with Crippen molar-refractivity contribution in [3.05, 3.63) is 0 Å². The zero-order chi connectivity index (χ0) is 26.7. The summed E-state index contributed by atoms with van der Waals surface area (Å²) in [7, 11) is 0. The van der Waals surface area contributed by atoms with E-state index in [9.17, 15) is 40.5 Å². The van der Waals surface area contributed by atoms with E-state index < -0.39 is 80.6 Å². The predicted octanol–water partition coefficient (Wildman–Crippen LogP) is -0.925. The molecule has 0 aliphatic carbocycles. The molecule has 10 atom stereocenters. The van der Waals surface area contributed by atoms with E-state index in [-0.39, 0.29) is 6.42 Å². The molecule has 212 valence electrons. The molecule has 2 saturated heterocycles. The number of ether oxygens (including phenoxy) is 4. The van der Waals surface area contributed by atoms with E-state index in [1.807, 2.05) is 0 Å². The Morgan fingerprint density at radius 3 is 1.94 bits per heavy atom. The van der Waals surface area contributed by atoms with Crippen LogP contribution in [0.15, 0.2) is 0 Å². The minimum Gasteiger partial charge on any atom is -0.463 e. The van der Waals surface area contributed by atoms with Crippen molar-refractivity contribution in [3.8, 4) is 0 Å². The number of aliphatic hydroxyl groups excluding tert-OH is 7. The first-order chi connectivity index (χ1) is 17.2. The molecule has 36 heavy (non-hydrogen) atoms. The lowest BCUT2D eigenvalue weighted by atomic mass is 9.97. The lowest BCUT2D eigenvalue weighted by Gasteiger charge is -2.45. The van der Waals surface area contributed by atoms with Crippen LogP contribution >= 0.6 is 0 Å². The van der Waals surface area contributed by atoms with E-state index in [0.717, 1.165) is 19.3 Å². The number of hydrogen-bond donors (Lipinski definition) is 7. The summed E-state index contributed by atoms with van der Waals surface area (Å²) in [6.07, 6.45) is -5.83. The van der Waals surface area contributed by atoms with Gasteiger partial charge in [-0.1, -0.05) is 58.3 Å². The Morgan fingerprint density at radius 2 is 1.33 bits per heavy atom. The molecule has 0 radical (unpaired) electrons. The third kappa shape index (κ3) is 9.12. The second-order valence-electron chi connectivity index (χ2n) is 9.61. The molecule has 12 heteroatoms. The topological polar surface area (TPSA) is 196 Å². The average Bonchev–Trinajstić information content (AvgIpc) is 2.86. The third-order valence-electron chi connectivity index (χ3n) is 6.69. The van der Waals surface area contributed by atoms with Gasteiger partial charge in [-0.15, -0.1) is 0 Å². The molecule has 0 saturated carbocycles. The highest BCUT2D eigenvalue weighted by molar-refractivity contribution is 5.69. The second-order valence-corrected chi connectivity index (χ2v) is 9.61. The molecule has 0 aromatic heterocycles. The molecule has 0 aromatic rings. The van der Waals surface area contributed by atoms with E-state index in [2.05, 4.69) is 6.92 Å². The van der Waals surface area contributed by atoms with Gasteiger partial charge in [-0.2, -0.15) is 0 Å². The Balaban J connectivity index is 1.82. The van der Waals surface area contributed by atoms with E-state index in [0.29, 0.717) is 6.42 Å². The summed E-state index contributed by atoms with van der Waals surface area (Å²) in [6.45, 7) is 1.08. The van der Waals surface area contributed by atoms with Gasteiger partial charge in [0.05, 0.1) is 6.61 Å². The van der Waals surface area contributed by atoms with Gasteiger partial charge in [0, 0.05) is 6.42 Å². The van der Waals surface area contributed by atoms with Crippen LogP contribution in [0.4, 0.5) is 0 Å². The Bertz CT molecular complexity index is 620. The van der Waals surface area contributed by atoms with Gasteiger partial charge in [-0.3, -0.25) is 4.79 Å². The molecule has 12 nitrogen and oxygen atoms in total. The zero-order valence-corrected chi connectivity index (χ0v) is 20.9. The number of rotatable bonds is 15. The molecule has 2 aliphatic rings. The Morgan fingerprint density at radius 1 is 0.722 bits per heavy atom. The minimum absolute atomic E-state index is 0.189. The van der Waals surface area contributed by atoms with Crippen molar-refractivity contribution < 1.29 is 59.5 Å². The summed E-state index contributed by atoms with van der Waals surface area (Å²) in [6, 6.07) is 0. The summed E-state index contributed by atoms with van der Waals surface area (Å²) in [4.78, 5) is 12.2. The fourth-order valence-corrected chi connectivity index (χ4v) is 4.38. The second kappa shape index (κ2) is 16.1. The summed E-state index contributed by atoms with van der Waals surface area (Å²) in [5.74, 6) is -0.497. The highest BCUT2D eigenvalue weighted by Crippen LogP contribution is 2.29. The summed E-state index contributed by atoms with van der Waals surface area (Å²) < 4.78 is 21.3. The van der Waals surface area contributed by atoms with E-state index >= 15 is 0 Å². The number of hydrogen-bond acceptors (Lipinski definition) is 12. The summed E-state index contributed by atoms with van der Waals surface area (Å²) in [5, 5.41) is 69.8. The fourth-order valence-electron chi connectivity index (χ4n) is 4.38. The normalized spacial score (nSPS) is 37.1. The molecule has 0 spiro atoms. The highest BCUT2D eigenvalue weighted by atomic mass is 16.7. The van der Waals surface area contributed by atoms with Gasteiger partial charge in [-0.05, 0) is 6.42 Å². The van der Waals surface area contributed by atoms with Crippen LogP contribution in [-0.2, 0) is 23.7 Å². The first kappa shape index (κ1) is 31.3. The molecule has 2 rings (SSSR count). The maximum Gasteiger partial charge on any atom is 0.305 e. The Hall–Kier alpha value is -0.930. The lowest BCUT2D eigenvalue weighted by Crippen LogP contribution is -2.64. The standard InChI is InChI=1S/C24H44O12/c1-2-3-4-5-6-7-8-9-10-11-16(26)33-13-15-22(19(29)20(30)23(32)34-15)36-24-21(31)18(28)17(27)14(12-25)35-24/h14-15,17-25,27-32H,2-13H2,1H3/t14-,15-,17-,18+,19-,20-,21-,22-,23-,24-/m1/s1. The molecule has 0 bridgehead atoms.